The fourth-order valence-corrected chi connectivity index (χ4v) is 2.20. The van der Waals surface area contributed by atoms with Gasteiger partial charge in [0.25, 0.3) is 0 Å². The highest BCUT2D eigenvalue weighted by Crippen LogP contribution is 2.27. The van der Waals surface area contributed by atoms with Crippen molar-refractivity contribution in [2.45, 2.75) is 19.1 Å². The van der Waals surface area contributed by atoms with E-state index in [1.807, 2.05) is 12.1 Å². The van der Waals surface area contributed by atoms with E-state index in [9.17, 15) is 5.11 Å². The molecule has 1 aromatic carbocycles. The van der Waals surface area contributed by atoms with Gasteiger partial charge in [0.2, 0.25) is 0 Å². The van der Waals surface area contributed by atoms with Crippen LogP contribution in [-0.2, 0) is 13.0 Å². The van der Waals surface area contributed by atoms with Crippen LogP contribution < -0.4 is 0 Å². The number of aliphatic hydroxyl groups excluding tert-OH is 2. The number of aliphatic hydroxyl groups is 2. The van der Waals surface area contributed by atoms with Crippen LogP contribution in [0, 0.1) is 0 Å². The minimum Gasteiger partial charge on any atom is -0.394 e. The van der Waals surface area contributed by atoms with Gasteiger partial charge in [0, 0.05) is 18.8 Å². The number of hydrogen-bond acceptors (Lipinski definition) is 3. The van der Waals surface area contributed by atoms with E-state index >= 15 is 0 Å². The van der Waals surface area contributed by atoms with Gasteiger partial charge in [-0.1, -0.05) is 35.3 Å². The van der Waals surface area contributed by atoms with Gasteiger partial charge in [-0.05, 0) is 11.6 Å². The molecule has 0 bridgehead atoms. The summed E-state index contributed by atoms with van der Waals surface area (Å²) in [6.07, 6.45) is 3.12. The van der Waals surface area contributed by atoms with Crippen LogP contribution in [0.15, 0.2) is 30.6 Å². The Morgan fingerprint density at radius 2 is 2.11 bits per heavy atom. The van der Waals surface area contributed by atoms with Gasteiger partial charge in [0.05, 0.1) is 29.3 Å². The molecule has 0 saturated heterocycles. The molecule has 1 aromatic heterocycles. The molecule has 0 amide bonds. The lowest BCUT2D eigenvalue weighted by molar-refractivity contribution is 0.0806. The third-order valence-electron chi connectivity index (χ3n) is 2.80. The maximum absolute atomic E-state index is 9.47. The molecule has 0 aliphatic heterocycles. The molecule has 6 heteroatoms. The molecule has 0 radical (unpaired) electrons. The molecule has 0 aliphatic carbocycles. The van der Waals surface area contributed by atoms with Gasteiger partial charge >= 0.3 is 0 Å². The molecule has 1 unspecified atom stereocenters. The van der Waals surface area contributed by atoms with E-state index in [4.69, 9.17) is 28.3 Å². The fourth-order valence-electron chi connectivity index (χ4n) is 1.81. The van der Waals surface area contributed by atoms with Crippen LogP contribution in [0.4, 0.5) is 0 Å². The molecule has 102 valence electrons. The number of imidazole rings is 1. The molecule has 0 saturated carbocycles. The third kappa shape index (κ3) is 3.48. The first-order valence-corrected chi connectivity index (χ1v) is 6.59. The van der Waals surface area contributed by atoms with Crippen LogP contribution in [0.5, 0.6) is 0 Å². The summed E-state index contributed by atoms with van der Waals surface area (Å²) >= 11 is 12.1. The summed E-state index contributed by atoms with van der Waals surface area (Å²) in [6, 6.07) is 5.45. The summed E-state index contributed by atoms with van der Waals surface area (Å²) in [5, 5.41) is 19.4. The Hall–Kier alpha value is -1.07. The summed E-state index contributed by atoms with van der Waals surface area (Å²) in [4.78, 5) is 4.24. The first-order valence-electron chi connectivity index (χ1n) is 5.83. The van der Waals surface area contributed by atoms with Crippen molar-refractivity contribution in [1.82, 2.24) is 9.55 Å². The zero-order valence-corrected chi connectivity index (χ0v) is 11.6. The highest BCUT2D eigenvalue weighted by molar-refractivity contribution is 6.42. The second-order valence-corrected chi connectivity index (χ2v) is 5.01. The first-order chi connectivity index (χ1) is 9.11. The van der Waals surface area contributed by atoms with Gasteiger partial charge in [-0.2, -0.15) is 0 Å². The van der Waals surface area contributed by atoms with Gasteiger partial charge in [0.1, 0.15) is 5.82 Å². The lowest BCUT2D eigenvalue weighted by atomic mass is 10.1. The smallest absolute Gasteiger partial charge is 0.113 e. The average Bonchev–Trinajstić information content (AvgIpc) is 2.82. The van der Waals surface area contributed by atoms with Gasteiger partial charge in [0.15, 0.2) is 0 Å². The molecule has 1 atom stereocenters. The molecule has 4 nitrogen and oxygen atoms in total. The Balaban J connectivity index is 2.20. The number of rotatable bonds is 5. The molecule has 2 rings (SSSR count). The van der Waals surface area contributed by atoms with Gasteiger partial charge in [-0.3, -0.25) is 0 Å². The standard InChI is InChI=1S/C13H14Cl2N2O2/c14-11-3-1-2-9(13(11)15)6-12-16-4-5-17(12)7-10(19)8-18/h1-5,10,18-19H,6-8H2. The summed E-state index contributed by atoms with van der Waals surface area (Å²) < 4.78 is 1.79. The Kier molecular flexibility index (Phi) is 4.82. The van der Waals surface area contributed by atoms with E-state index in [1.54, 1.807) is 23.0 Å². The van der Waals surface area contributed by atoms with Crippen molar-refractivity contribution in [2.24, 2.45) is 0 Å². The summed E-state index contributed by atoms with van der Waals surface area (Å²) in [6.45, 7) is 0.0135. The highest BCUT2D eigenvalue weighted by Gasteiger charge is 2.11. The van der Waals surface area contributed by atoms with Crippen LogP contribution in [-0.4, -0.2) is 32.5 Å². The number of halogens is 2. The molecule has 0 aliphatic rings. The molecule has 0 spiro atoms. The van der Waals surface area contributed by atoms with E-state index < -0.39 is 6.10 Å². The van der Waals surface area contributed by atoms with E-state index in [1.165, 1.54) is 0 Å². The number of benzene rings is 1. The lowest BCUT2D eigenvalue weighted by Gasteiger charge is -2.12. The molecule has 2 N–H and O–H groups in total. The van der Waals surface area contributed by atoms with Crippen LogP contribution >= 0.6 is 23.2 Å². The second-order valence-electron chi connectivity index (χ2n) is 4.22. The van der Waals surface area contributed by atoms with E-state index in [0.717, 1.165) is 11.4 Å². The van der Waals surface area contributed by atoms with Gasteiger partial charge < -0.3 is 14.8 Å². The predicted octanol–water partition coefficient (Wildman–Crippen LogP) is 2.13. The third-order valence-corrected chi connectivity index (χ3v) is 3.66. The topological polar surface area (TPSA) is 58.3 Å². The van der Waals surface area contributed by atoms with Gasteiger partial charge in [-0.25, -0.2) is 4.98 Å². The Labute approximate surface area is 121 Å². The van der Waals surface area contributed by atoms with Crippen LogP contribution in [0.3, 0.4) is 0 Å². The predicted molar refractivity (Wildman–Crippen MR) is 74.6 cm³/mol. The van der Waals surface area contributed by atoms with Crippen molar-refractivity contribution in [3.8, 4) is 0 Å². The van der Waals surface area contributed by atoms with E-state index in [2.05, 4.69) is 4.98 Å². The van der Waals surface area contributed by atoms with Crippen molar-refractivity contribution < 1.29 is 10.2 Å². The maximum atomic E-state index is 9.47. The van der Waals surface area contributed by atoms with Crippen LogP contribution in [0.1, 0.15) is 11.4 Å². The summed E-state index contributed by atoms with van der Waals surface area (Å²) in [7, 11) is 0. The zero-order valence-electron chi connectivity index (χ0n) is 10.1. The van der Waals surface area contributed by atoms with E-state index in [0.29, 0.717) is 23.0 Å². The minimum absolute atomic E-state index is 0.282. The SMILES string of the molecule is OCC(O)Cn1ccnc1Cc1cccc(Cl)c1Cl. The lowest BCUT2D eigenvalue weighted by Crippen LogP contribution is -2.20. The molecule has 1 heterocycles. The molecular weight excluding hydrogens is 287 g/mol. The molecule has 0 fully saturated rings. The van der Waals surface area contributed by atoms with Crippen molar-refractivity contribution >= 4 is 23.2 Å². The fraction of sp³-hybridized carbons (Fsp3) is 0.308. The largest absolute Gasteiger partial charge is 0.394 e. The average molecular weight is 301 g/mol. The Morgan fingerprint density at radius 3 is 2.84 bits per heavy atom. The minimum atomic E-state index is -0.803. The molecular formula is C13H14Cl2N2O2. The van der Waals surface area contributed by atoms with Gasteiger partial charge in [-0.15, -0.1) is 0 Å². The van der Waals surface area contributed by atoms with Crippen LogP contribution in [0.25, 0.3) is 0 Å². The zero-order chi connectivity index (χ0) is 13.8. The highest BCUT2D eigenvalue weighted by atomic mass is 35.5. The quantitative estimate of drug-likeness (QED) is 0.889. The number of hydrogen-bond donors (Lipinski definition) is 2. The van der Waals surface area contributed by atoms with Crippen molar-refractivity contribution in [2.75, 3.05) is 6.61 Å². The van der Waals surface area contributed by atoms with E-state index in [-0.39, 0.29) is 6.61 Å². The summed E-state index contributed by atoms with van der Waals surface area (Å²) in [5.41, 5.74) is 0.875. The van der Waals surface area contributed by atoms with Crippen molar-refractivity contribution in [3.05, 3.63) is 52.0 Å². The van der Waals surface area contributed by atoms with Crippen molar-refractivity contribution in [3.63, 3.8) is 0 Å². The second kappa shape index (κ2) is 6.39. The number of aromatic nitrogens is 2. The Bertz CT molecular complexity index is 557. The Morgan fingerprint density at radius 1 is 1.32 bits per heavy atom. The monoisotopic (exact) mass is 300 g/mol. The first kappa shape index (κ1) is 14.3. The maximum Gasteiger partial charge on any atom is 0.113 e. The molecule has 19 heavy (non-hydrogen) atoms. The van der Waals surface area contributed by atoms with Crippen LogP contribution in [0.2, 0.25) is 10.0 Å². The molecule has 2 aromatic rings. The normalized spacial score (nSPS) is 12.6. The summed E-state index contributed by atoms with van der Waals surface area (Å²) in [5.74, 6) is 0.761. The number of nitrogens with zero attached hydrogens (tertiary/aromatic N) is 2. The van der Waals surface area contributed by atoms with Crippen molar-refractivity contribution in [1.29, 1.82) is 0 Å².